The minimum Gasteiger partial charge on any atom is -0.371 e. The fourth-order valence-corrected chi connectivity index (χ4v) is 4.45. The highest BCUT2D eigenvalue weighted by Gasteiger charge is 2.25. The van der Waals surface area contributed by atoms with Crippen LogP contribution in [-0.4, -0.2) is 21.9 Å². The molecule has 1 atom stereocenters. The smallest absolute Gasteiger partial charge is 0.293 e. The van der Waals surface area contributed by atoms with Crippen LogP contribution in [0.4, 0.5) is 11.4 Å². The first kappa shape index (κ1) is 22.5. The molecule has 1 amide bonds. The molecule has 0 aliphatic heterocycles. The summed E-state index contributed by atoms with van der Waals surface area (Å²) in [5.74, 6) is 0.248. The van der Waals surface area contributed by atoms with Gasteiger partial charge in [0.05, 0.1) is 16.7 Å². The molecule has 2 aromatic carbocycles. The standard InChI is InChI=1S/C26H28N4O3/c1-18(23-9-5-6-16-27-23)28-24-15-12-21(17-25(24)30(32)33)26(31)29-22-13-10-20(11-14-22)19-7-3-2-4-8-19/h2-9,12,15-18,20,22,28H,10-11,13-14H2,1H3,(H,29,31). The number of nitrogens with zero attached hydrogens (tertiary/aromatic N) is 2. The zero-order valence-electron chi connectivity index (χ0n) is 18.6. The number of pyridine rings is 1. The van der Waals surface area contributed by atoms with Crippen LogP contribution in [0.3, 0.4) is 0 Å². The van der Waals surface area contributed by atoms with Crippen LogP contribution in [-0.2, 0) is 0 Å². The lowest BCUT2D eigenvalue weighted by molar-refractivity contribution is -0.384. The van der Waals surface area contributed by atoms with Crippen molar-refractivity contribution < 1.29 is 9.72 Å². The largest absolute Gasteiger partial charge is 0.371 e. The molecule has 2 N–H and O–H groups in total. The van der Waals surface area contributed by atoms with Crippen molar-refractivity contribution in [3.8, 4) is 0 Å². The average molecular weight is 445 g/mol. The van der Waals surface area contributed by atoms with Crippen LogP contribution < -0.4 is 10.6 Å². The van der Waals surface area contributed by atoms with Gasteiger partial charge in [0.1, 0.15) is 5.69 Å². The Morgan fingerprint density at radius 1 is 1.03 bits per heavy atom. The topological polar surface area (TPSA) is 97.2 Å². The number of hydrogen-bond acceptors (Lipinski definition) is 5. The minimum absolute atomic E-state index is 0.0819. The van der Waals surface area contributed by atoms with E-state index >= 15 is 0 Å². The van der Waals surface area contributed by atoms with Gasteiger partial charge in [-0.25, -0.2) is 0 Å². The first-order chi connectivity index (χ1) is 16.0. The Balaban J connectivity index is 1.40. The van der Waals surface area contributed by atoms with E-state index in [0.29, 0.717) is 17.2 Å². The molecule has 0 saturated heterocycles. The summed E-state index contributed by atoms with van der Waals surface area (Å²) in [6, 6.07) is 20.4. The summed E-state index contributed by atoms with van der Waals surface area (Å²) in [6.07, 6.45) is 5.51. The highest BCUT2D eigenvalue weighted by atomic mass is 16.6. The molecule has 1 fully saturated rings. The van der Waals surface area contributed by atoms with Gasteiger partial charge >= 0.3 is 0 Å². The molecule has 0 radical (unpaired) electrons. The van der Waals surface area contributed by atoms with Gasteiger partial charge in [0.2, 0.25) is 0 Å². The Morgan fingerprint density at radius 2 is 1.76 bits per heavy atom. The van der Waals surface area contributed by atoms with E-state index in [-0.39, 0.29) is 23.7 Å². The van der Waals surface area contributed by atoms with Gasteiger partial charge in [-0.05, 0) is 68.4 Å². The predicted molar refractivity (Wildman–Crippen MR) is 128 cm³/mol. The zero-order chi connectivity index (χ0) is 23.2. The molecular formula is C26H28N4O3. The third-order valence-electron chi connectivity index (χ3n) is 6.29. The number of aromatic nitrogens is 1. The van der Waals surface area contributed by atoms with Gasteiger partial charge in [-0.2, -0.15) is 0 Å². The van der Waals surface area contributed by atoms with Gasteiger partial charge in [-0.15, -0.1) is 0 Å². The molecule has 1 heterocycles. The van der Waals surface area contributed by atoms with Gasteiger partial charge in [0.25, 0.3) is 11.6 Å². The summed E-state index contributed by atoms with van der Waals surface area (Å²) in [7, 11) is 0. The van der Waals surface area contributed by atoms with Crippen molar-refractivity contribution in [2.24, 2.45) is 0 Å². The molecular weight excluding hydrogens is 416 g/mol. The van der Waals surface area contributed by atoms with Crippen LogP contribution in [0.25, 0.3) is 0 Å². The van der Waals surface area contributed by atoms with Crippen LogP contribution in [0.15, 0.2) is 72.9 Å². The van der Waals surface area contributed by atoms with E-state index in [4.69, 9.17) is 0 Å². The number of amides is 1. The van der Waals surface area contributed by atoms with E-state index in [1.165, 1.54) is 11.6 Å². The number of nitro groups is 1. The van der Waals surface area contributed by atoms with Crippen LogP contribution >= 0.6 is 0 Å². The summed E-state index contributed by atoms with van der Waals surface area (Å²) in [5.41, 5.74) is 2.65. The molecule has 4 rings (SSSR count). The van der Waals surface area contributed by atoms with Crippen molar-refractivity contribution in [3.63, 3.8) is 0 Å². The average Bonchev–Trinajstić information content (AvgIpc) is 2.85. The molecule has 1 aliphatic rings. The Hall–Kier alpha value is -3.74. The van der Waals surface area contributed by atoms with Crippen molar-refractivity contribution in [3.05, 3.63) is 99.9 Å². The molecule has 33 heavy (non-hydrogen) atoms. The highest BCUT2D eigenvalue weighted by Crippen LogP contribution is 2.33. The number of carbonyl (C=O) groups excluding carboxylic acids is 1. The second kappa shape index (κ2) is 10.3. The van der Waals surface area contributed by atoms with E-state index in [1.54, 1.807) is 18.3 Å². The first-order valence-electron chi connectivity index (χ1n) is 11.3. The van der Waals surface area contributed by atoms with Gasteiger partial charge in [-0.1, -0.05) is 36.4 Å². The van der Waals surface area contributed by atoms with Crippen LogP contribution in [0.2, 0.25) is 0 Å². The van der Waals surface area contributed by atoms with Gasteiger partial charge in [0.15, 0.2) is 0 Å². The molecule has 3 aromatic rings. The summed E-state index contributed by atoms with van der Waals surface area (Å²) < 4.78 is 0. The Morgan fingerprint density at radius 3 is 2.42 bits per heavy atom. The Labute approximate surface area is 193 Å². The van der Waals surface area contributed by atoms with E-state index in [9.17, 15) is 14.9 Å². The maximum Gasteiger partial charge on any atom is 0.293 e. The van der Waals surface area contributed by atoms with E-state index in [0.717, 1.165) is 31.4 Å². The number of nitrogens with one attached hydrogen (secondary N) is 2. The molecule has 7 heteroatoms. The zero-order valence-corrected chi connectivity index (χ0v) is 18.6. The molecule has 0 bridgehead atoms. The van der Waals surface area contributed by atoms with E-state index in [1.807, 2.05) is 31.2 Å². The number of carbonyl (C=O) groups is 1. The fourth-order valence-electron chi connectivity index (χ4n) is 4.45. The number of nitro benzene ring substituents is 1. The molecule has 1 aromatic heterocycles. The molecule has 170 valence electrons. The number of rotatable bonds is 7. The molecule has 1 unspecified atom stereocenters. The third-order valence-corrected chi connectivity index (χ3v) is 6.29. The fraction of sp³-hybridized carbons (Fsp3) is 0.308. The molecule has 1 aliphatic carbocycles. The lowest BCUT2D eigenvalue weighted by Crippen LogP contribution is -2.37. The van der Waals surface area contributed by atoms with Crippen molar-refractivity contribution >= 4 is 17.3 Å². The number of benzene rings is 2. The molecule has 0 spiro atoms. The normalized spacial score (nSPS) is 18.8. The third kappa shape index (κ3) is 5.55. The van der Waals surface area contributed by atoms with Crippen LogP contribution in [0.1, 0.15) is 66.2 Å². The maximum absolute atomic E-state index is 12.8. The maximum atomic E-state index is 12.8. The van der Waals surface area contributed by atoms with E-state index in [2.05, 4.69) is 39.9 Å². The Bertz CT molecular complexity index is 1100. The second-order valence-electron chi connectivity index (χ2n) is 8.54. The van der Waals surface area contributed by atoms with Crippen molar-refractivity contribution in [2.75, 3.05) is 5.32 Å². The SMILES string of the molecule is CC(Nc1ccc(C(=O)NC2CCC(c3ccccc3)CC2)cc1[N+](=O)[O-])c1ccccn1. The van der Waals surface area contributed by atoms with Gasteiger partial charge in [0, 0.05) is 23.9 Å². The summed E-state index contributed by atoms with van der Waals surface area (Å²) >= 11 is 0. The lowest BCUT2D eigenvalue weighted by atomic mass is 9.82. The van der Waals surface area contributed by atoms with E-state index < -0.39 is 4.92 Å². The van der Waals surface area contributed by atoms with Crippen LogP contribution in [0, 0.1) is 10.1 Å². The number of anilines is 1. The quantitative estimate of drug-likeness (QED) is 0.364. The van der Waals surface area contributed by atoms with Crippen molar-refractivity contribution in [1.82, 2.24) is 10.3 Å². The van der Waals surface area contributed by atoms with Gasteiger partial charge < -0.3 is 10.6 Å². The van der Waals surface area contributed by atoms with Gasteiger partial charge in [-0.3, -0.25) is 19.9 Å². The summed E-state index contributed by atoms with van der Waals surface area (Å²) in [5, 5.41) is 17.9. The van der Waals surface area contributed by atoms with Crippen molar-refractivity contribution in [1.29, 1.82) is 0 Å². The second-order valence-corrected chi connectivity index (χ2v) is 8.54. The van der Waals surface area contributed by atoms with Crippen LogP contribution in [0.5, 0.6) is 0 Å². The summed E-state index contributed by atoms with van der Waals surface area (Å²) in [4.78, 5) is 28.3. The Kier molecular flexibility index (Phi) is 6.98. The van der Waals surface area contributed by atoms with Crippen molar-refractivity contribution in [2.45, 2.75) is 50.6 Å². The monoisotopic (exact) mass is 444 g/mol. The highest BCUT2D eigenvalue weighted by molar-refractivity contribution is 5.96. The molecule has 1 saturated carbocycles. The number of hydrogen-bond donors (Lipinski definition) is 2. The molecule has 7 nitrogen and oxygen atoms in total. The summed E-state index contributed by atoms with van der Waals surface area (Å²) in [6.45, 7) is 1.89. The minimum atomic E-state index is -0.463. The lowest BCUT2D eigenvalue weighted by Gasteiger charge is -2.29. The first-order valence-corrected chi connectivity index (χ1v) is 11.3. The predicted octanol–water partition coefficient (Wildman–Crippen LogP) is 5.62.